The average molecular weight is 89.1 g/mol. The average Bonchev–Trinajstić information content (AvgIpc) is 1.41. The highest BCUT2D eigenvalue weighted by molar-refractivity contribution is 7.23. The van der Waals surface area contributed by atoms with Crippen molar-refractivity contribution >= 4 is 8.46 Å². The largest absolute Gasteiger partial charge is 0.275 e. The normalized spacial score (nSPS) is 9.00. The van der Waals surface area contributed by atoms with Crippen LogP contribution in [0.15, 0.2) is 0 Å². The Labute approximate surface area is 33.6 Å². The van der Waals surface area contributed by atoms with Crippen molar-refractivity contribution in [3.8, 4) is 0 Å². The van der Waals surface area contributed by atoms with E-state index in [1.165, 1.54) is 0 Å². The van der Waals surface area contributed by atoms with Crippen LogP contribution in [0.4, 0.5) is 0 Å². The van der Waals surface area contributed by atoms with E-state index >= 15 is 0 Å². The van der Waals surface area contributed by atoms with Crippen LogP contribution in [0.3, 0.4) is 0 Å². The van der Waals surface area contributed by atoms with Gasteiger partial charge >= 0.3 is 0 Å². The summed E-state index contributed by atoms with van der Waals surface area (Å²) >= 11 is 0. The Bertz CT molecular complexity index is 28.1. The third-order valence-corrected chi connectivity index (χ3v) is 0.748. The van der Waals surface area contributed by atoms with Crippen molar-refractivity contribution in [1.29, 1.82) is 0 Å². The summed E-state index contributed by atoms with van der Waals surface area (Å²) in [6.45, 7) is 3.47. The molecule has 0 rings (SSSR count). The van der Waals surface area contributed by atoms with Gasteiger partial charge in [-0.05, 0) is 6.42 Å². The van der Waals surface area contributed by atoms with E-state index in [-0.39, 0.29) is 8.46 Å². The second kappa shape index (κ2) is 4.10. The summed E-state index contributed by atoms with van der Waals surface area (Å²) in [4.78, 5) is 0. The monoisotopic (exact) mass is 89.0 g/mol. The molecule has 0 amide bonds. The molecule has 2 heteroatoms. The second-order valence-electron chi connectivity index (χ2n) is 0.706. The van der Waals surface area contributed by atoms with Crippen LogP contribution in [0.1, 0.15) is 6.42 Å². The molecule has 0 bridgehead atoms. The van der Waals surface area contributed by atoms with E-state index in [4.69, 9.17) is 0 Å². The molecule has 1 nitrogen and oxygen atoms in total. The molecule has 29 valence electrons. The van der Waals surface area contributed by atoms with E-state index in [1.807, 2.05) is 0 Å². The van der Waals surface area contributed by atoms with Crippen molar-refractivity contribution < 1.29 is 4.57 Å². The molecule has 0 N–H and O–H groups in total. The summed E-state index contributed by atoms with van der Waals surface area (Å²) in [7, 11) is 0.217. The standard InChI is InChI=1S/C3H6OP/c1-2-3-5-4/h1-3H2. The number of hydrogen-bond donors (Lipinski definition) is 0. The molecule has 0 aromatic heterocycles. The van der Waals surface area contributed by atoms with Crippen LogP contribution in [0.2, 0.25) is 0 Å². The second-order valence-corrected chi connectivity index (χ2v) is 1.41. The molecule has 0 aliphatic heterocycles. The highest BCUT2D eigenvalue weighted by Crippen LogP contribution is 1.90. The summed E-state index contributed by atoms with van der Waals surface area (Å²) in [5.74, 6) is 0. The Kier molecular flexibility index (Phi) is 4.18. The van der Waals surface area contributed by atoms with Gasteiger partial charge in [0.05, 0.1) is 0 Å². The first-order valence-corrected chi connectivity index (χ1v) is 2.50. The van der Waals surface area contributed by atoms with Crippen molar-refractivity contribution in [3.63, 3.8) is 0 Å². The van der Waals surface area contributed by atoms with Gasteiger partial charge in [0.25, 0.3) is 0 Å². The summed E-state index contributed by atoms with van der Waals surface area (Å²) in [6.07, 6.45) is 1.46. The predicted molar refractivity (Wildman–Crippen MR) is 22.4 cm³/mol. The van der Waals surface area contributed by atoms with Gasteiger partial charge in [-0.15, -0.1) is 0 Å². The molecule has 0 aromatic carbocycles. The first-order valence-electron chi connectivity index (χ1n) is 1.50. The molecule has 0 heterocycles. The molecule has 0 aromatic rings. The van der Waals surface area contributed by atoms with Gasteiger partial charge in [0.15, 0.2) is 8.46 Å². The lowest BCUT2D eigenvalue weighted by Gasteiger charge is -1.66. The highest BCUT2D eigenvalue weighted by atomic mass is 31.1. The van der Waals surface area contributed by atoms with Crippen LogP contribution >= 0.6 is 8.46 Å². The highest BCUT2D eigenvalue weighted by Gasteiger charge is 1.69. The number of rotatable bonds is 2. The molecule has 0 saturated carbocycles. The fourth-order valence-electron chi connectivity index (χ4n) is 0.0645. The molecule has 0 aliphatic carbocycles. The molecular formula is C3H6OP. The molecule has 0 fully saturated rings. The van der Waals surface area contributed by atoms with Crippen molar-refractivity contribution in [2.45, 2.75) is 6.42 Å². The Hall–Kier alpha value is 0.100. The van der Waals surface area contributed by atoms with Crippen LogP contribution in [0.25, 0.3) is 0 Å². The van der Waals surface area contributed by atoms with Gasteiger partial charge in [0, 0.05) is 6.16 Å². The SMILES string of the molecule is [CH2]CCP=O. The minimum atomic E-state index is 0.217. The maximum Gasteiger partial charge on any atom is 0.155 e. The van der Waals surface area contributed by atoms with Crippen molar-refractivity contribution in [2.24, 2.45) is 0 Å². The van der Waals surface area contributed by atoms with E-state index in [0.29, 0.717) is 6.16 Å². The van der Waals surface area contributed by atoms with Crippen LogP contribution in [-0.2, 0) is 4.57 Å². The third kappa shape index (κ3) is 4.10. The number of hydrogen-bond acceptors (Lipinski definition) is 1. The lowest BCUT2D eigenvalue weighted by molar-refractivity contribution is 0.598. The first-order chi connectivity index (χ1) is 2.41. The fraction of sp³-hybridized carbons (Fsp3) is 0.667. The van der Waals surface area contributed by atoms with E-state index in [1.54, 1.807) is 0 Å². The quantitative estimate of drug-likeness (QED) is 0.468. The molecule has 0 unspecified atom stereocenters. The van der Waals surface area contributed by atoms with Gasteiger partial charge in [0.1, 0.15) is 0 Å². The topological polar surface area (TPSA) is 17.1 Å². The molecule has 1 radical (unpaired) electrons. The van der Waals surface area contributed by atoms with Gasteiger partial charge in [-0.2, -0.15) is 0 Å². The molecule has 5 heavy (non-hydrogen) atoms. The molecule has 0 saturated heterocycles. The minimum absolute atomic E-state index is 0.217. The van der Waals surface area contributed by atoms with Crippen molar-refractivity contribution in [2.75, 3.05) is 6.16 Å². The van der Waals surface area contributed by atoms with Gasteiger partial charge in [0.2, 0.25) is 0 Å². The van der Waals surface area contributed by atoms with Gasteiger partial charge in [-0.3, -0.25) is 4.57 Å². The maximum atomic E-state index is 9.46. The minimum Gasteiger partial charge on any atom is -0.275 e. The summed E-state index contributed by atoms with van der Waals surface area (Å²) in [5, 5.41) is 0. The van der Waals surface area contributed by atoms with Crippen molar-refractivity contribution in [3.05, 3.63) is 6.92 Å². The first kappa shape index (κ1) is 5.10. The summed E-state index contributed by atoms with van der Waals surface area (Å²) in [6, 6.07) is 0. The zero-order chi connectivity index (χ0) is 4.12. The van der Waals surface area contributed by atoms with Gasteiger partial charge < -0.3 is 0 Å². The molecular weight excluding hydrogens is 83.0 g/mol. The van der Waals surface area contributed by atoms with E-state index in [0.717, 1.165) is 6.42 Å². The summed E-state index contributed by atoms with van der Waals surface area (Å²) < 4.78 is 9.46. The maximum absolute atomic E-state index is 9.46. The Morgan fingerprint density at radius 3 is 2.40 bits per heavy atom. The van der Waals surface area contributed by atoms with Gasteiger partial charge in [-0.1, -0.05) is 6.92 Å². The molecule has 0 spiro atoms. The van der Waals surface area contributed by atoms with Crippen LogP contribution in [0, 0.1) is 6.92 Å². The Morgan fingerprint density at radius 1 is 1.80 bits per heavy atom. The Balaban J connectivity index is 2.40. The van der Waals surface area contributed by atoms with Crippen molar-refractivity contribution in [1.82, 2.24) is 0 Å². The smallest absolute Gasteiger partial charge is 0.155 e. The fourth-order valence-corrected chi connectivity index (χ4v) is 0.194. The molecule has 0 aliphatic rings. The lowest BCUT2D eigenvalue weighted by Crippen LogP contribution is -1.58. The van der Waals surface area contributed by atoms with Crippen LogP contribution in [0.5, 0.6) is 0 Å². The van der Waals surface area contributed by atoms with Crippen LogP contribution < -0.4 is 0 Å². The van der Waals surface area contributed by atoms with Crippen LogP contribution in [-0.4, -0.2) is 6.16 Å². The van der Waals surface area contributed by atoms with E-state index < -0.39 is 0 Å². The third-order valence-electron chi connectivity index (χ3n) is 0.249. The lowest BCUT2D eigenvalue weighted by atomic mass is 10.6. The zero-order valence-corrected chi connectivity index (χ0v) is 3.87. The van der Waals surface area contributed by atoms with Gasteiger partial charge in [-0.25, -0.2) is 0 Å². The zero-order valence-electron chi connectivity index (χ0n) is 2.98. The Morgan fingerprint density at radius 2 is 2.40 bits per heavy atom. The predicted octanol–water partition coefficient (Wildman–Crippen LogP) is 1.50. The molecule has 0 atom stereocenters. The van der Waals surface area contributed by atoms with E-state index in [2.05, 4.69) is 6.92 Å². The van der Waals surface area contributed by atoms with E-state index in [9.17, 15) is 4.57 Å². The summed E-state index contributed by atoms with van der Waals surface area (Å²) in [5.41, 5.74) is 0.